The van der Waals surface area contributed by atoms with E-state index in [4.69, 9.17) is 11.6 Å². The molecule has 1 amide bonds. The maximum absolute atomic E-state index is 12.5. The third kappa shape index (κ3) is 2.29. The first-order valence-corrected chi connectivity index (χ1v) is 8.28. The normalized spacial score (nSPS) is 16.7. The Morgan fingerprint density at radius 3 is 2.64 bits per heavy atom. The van der Waals surface area contributed by atoms with Gasteiger partial charge in [-0.1, -0.05) is 23.7 Å². The third-order valence-electron chi connectivity index (χ3n) is 3.47. The van der Waals surface area contributed by atoms with Crippen LogP contribution in [0.3, 0.4) is 0 Å². The highest BCUT2D eigenvalue weighted by molar-refractivity contribution is 7.89. The van der Waals surface area contributed by atoms with Gasteiger partial charge in [0.25, 0.3) is 15.9 Å². The fraction of sp³-hybridized carbons (Fsp3) is 0.231. The third-order valence-corrected chi connectivity index (χ3v) is 5.34. The molecule has 0 saturated carbocycles. The first kappa shape index (κ1) is 15.0. The van der Waals surface area contributed by atoms with Crippen molar-refractivity contribution in [2.24, 2.45) is 7.05 Å². The minimum atomic E-state index is -3.78. The van der Waals surface area contributed by atoms with Crippen LogP contribution in [-0.4, -0.2) is 29.1 Å². The Bertz CT molecular complexity index is 875. The van der Waals surface area contributed by atoms with Crippen molar-refractivity contribution in [3.63, 3.8) is 0 Å². The van der Waals surface area contributed by atoms with Gasteiger partial charge in [-0.3, -0.25) is 14.5 Å². The zero-order valence-corrected chi connectivity index (χ0v) is 13.4. The maximum Gasteiger partial charge on any atom is 0.270 e. The number of hydrogen-bond donors (Lipinski definition) is 1. The molecule has 116 valence electrons. The molecule has 0 atom stereocenters. The van der Waals surface area contributed by atoms with Crippen LogP contribution in [0, 0.1) is 6.92 Å². The second kappa shape index (κ2) is 5.08. The van der Waals surface area contributed by atoms with Gasteiger partial charge < -0.3 is 0 Å². The van der Waals surface area contributed by atoms with E-state index in [1.807, 2.05) is 0 Å². The number of hydrazine groups is 1. The summed E-state index contributed by atoms with van der Waals surface area (Å²) in [6.45, 7) is 1.75. The zero-order valence-electron chi connectivity index (χ0n) is 11.9. The number of carbonyl (C=O) groups excluding carboxylic acids is 1. The lowest BCUT2D eigenvalue weighted by Crippen LogP contribution is -2.49. The Kier molecular flexibility index (Phi) is 3.47. The number of aryl methyl sites for hydroxylation is 2. The van der Waals surface area contributed by atoms with Gasteiger partial charge in [-0.2, -0.15) is 5.10 Å². The van der Waals surface area contributed by atoms with E-state index in [9.17, 15) is 13.2 Å². The highest BCUT2D eigenvalue weighted by Gasteiger charge is 2.34. The molecule has 1 aliphatic rings. The van der Waals surface area contributed by atoms with Crippen LogP contribution in [0.2, 0.25) is 5.15 Å². The van der Waals surface area contributed by atoms with Crippen LogP contribution in [0.5, 0.6) is 0 Å². The van der Waals surface area contributed by atoms with Crippen molar-refractivity contribution >= 4 is 27.5 Å². The van der Waals surface area contributed by atoms with E-state index in [2.05, 4.69) is 9.93 Å². The standard InChI is InChI=1S/C13H13ClN4O3S/c1-8-10(12(14)17(2)15-8)7-18-13(19)9-5-3-4-6-11(9)22(20,21)16-18/h3-6,16H,7H2,1-2H3. The van der Waals surface area contributed by atoms with Crippen LogP contribution in [0.15, 0.2) is 29.2 Å². The molecule has 2 aromatic rings. The molecule has 2 heterocycles. The summed E-state index contributed by atoms with van der Waals surface area (Å²) >= 11 is 6.14. The predicted octanol–water partition coefficient (Wildman–Crippen LogP) is 1.23. The molecule has 0 aliphatic carbocycles. The molecule has 1 N–H and O–H groups in total. The first-order chi connectivity index (χ1) is 10.3. The minimum Gasteiger partial charge on any atom is -0.268 e. The number of rotatable bonds is 2. The van der Waals surface area contributed by atoms with E-state index < -0.39 is 15.9 Å². The van der Waals surface area contributed by atoms with E-state index in [0.29, 0.717) is 16.4 Å². The first-order valence-electron chi connectivity index (χ1n) is 6.42. The molecule has 1 aromatic heterocycles. The molecule has 1 aromatic carbocycles. The molecule has 0 bridgehead atoms. The van der Waals surface area contributed by atoms with E-state index in [1.165, 1.54) is 16.8 Å². The number of nitrogens with one attached hydrogen (secondary N) is 1. The lowest BCUT2D eigenvalue weighted by atomic mass is 10.2. The minimum absolute atomic E-state index is 0.00487. The smallest absolute Gasteiger partial charge is 0.268 e. The Morgan fingerprint density at radius 1 is 1.32 bits per heavy atom. The average Bonchev–Trinajstić information content (AvgIpc) is 2.71. The van der Waals surface area contributed by atoms with Gasteiger partial charge in [-0.25, -0.2) is 8.42 Å². The van der Waals surface area contributed by atoms with Crippen molar-refractivity contribution in [2.45, 2.75) is 18.4 Å². The Hall–Kier alpha value is -1.90. The van der Waals surface area contributed by atoms with Crippen LogP contribution < -0.4 is 4.83 Å². The van der Waals surface area contributed by atoms with Gasteiger partial charge in [0.15, 0.2) is 0 Å². The summed E-state index contributed by atoms with van der Waals surface area (Å²) in [6.07, 6.45) is 0. The van der Waals surface area contributed by atoms with Gasteiger partial charge in [0.1, 0.15) is 5.15 Å². The molecule has 9 heteroatoms. The van der Waals surface area contributed by atoms with Gasteiger partial charge >= 0.3 is 0 Å². The molecule has 3 rings (SSSR count). The zero-order chi connectivity index (χ0) is 16.1. The number of amides is 1. The van der Waals surface area contributed by atoms with Crippen molar-refractivity contribution < 1.29 is 13.2 Å². The number of benzene rings is 1. The number of fused-ring (bicyclic) bond motifs is 1. The van der Waals surface area contributed by atoms with Gasteiger partial charge in [-0.05, 0) is 19.1 Å². The SMILES string of the molecule is Cc1nn(C)c(Cl)c1CN1NS(=O)(=O)c2ccccc2C1=O. The lowest BCUT2D eigenvalue weighted by Gasteiger charge is -2.28. The van der Waals surface area contributed by atoms with Crippen LogP contribution in [0.4, 0.5) is 0 Å². The fourth-order valence-electron chi connectivity index (χ4n) is 2.37. The summed E-state index contributed by atoms with van der Waals surface area (Å²) in [5, 5.41) is 5.55. The van der Waals surface area contributed by atoms with E-state index >= 15 is 0 Å². The number of nitrogens with zero attached hydrogens (tertiary/aromatic N) is 3. The summed E-state index contributed by atoms with van der Waals surface area (Å²) in [5.74, 6) is -0.426. The van der Waals surface area contributed by atoms with Crippen molar-refractivity contribution in [3.05, 3.63) is 46.2 Å². The summed E-state index contributed by atoms with van der Waals surface area (Å²) in [5.41, 5.74) is 1.37. The Morgan fingerprint density at radius 2 is 2.00 bits per heavy atom. The molecule has 0 spiro atoms. The predicted molar refractivity (Wildman–Crippen MR) is 79.6 cm³/mol. The maximum atomic E-state index is 12.5. The number of sulfonamides is 1. The molecule has 1 aliphatic heterocycles. The number of aromatic nitrogens is 2. The molecular weight excluding hydrogens is 328 g/mol. The molecule has 0 fully saturated rings. The number of hydrogen-bond acceptors (Lipinski definition) is 4. The van der Waals surface area contributed by atoms with E-state index in [-0.39, 0.29) is 17.0 Å². The Labute approximate surface area is 132 Å². The van der Waals surface area contributed by atoms with Crippen molar-refractivity contribution in [1.29, 1.82) is 0 Å². The molecule has 22 heavy (non-hydrogen) atoms. The molecule has 7 nitrogen and oxygen atoms in total. The van der Waals surface area contributed by atoms with E-state index in [1.54, 1.807) is 26.1 Å². The van der Waals surface area contributed by atoms with Gasteiger partial charge in [0.05, 0.1) is 22.7 Å². The van der Waals surface area contributed by atoms with Crippen molar-refractivity contribution in [2.75, 3.05) is 0 Å². The average molecular weight is 341 g/mol. The lowest BCUT2D eigenvalue weighted by molar-refractivity contribution is 0.0687. The quantitative estimate of drug-likeness (QED) is 0.891. The molecule has 0 radical (unpaired) electrons. The number of halogens is 1. The fourth-order valence-corrected chi connectivity index (χ4v) is 3.85. The monoisotopic (exact) mass is 340 g/mol. The van der Waals surface area contributed by atoms with Crippen LogP contribution in [-0.2, 0) is 23.6 Å². The molecular formula is C13H13ClN4O3S. The molecule has 0 unspecified atom stereocenters. The second-order valence-electron chi connectivity index (χ2n) is 4.96. The topological polar surface area (TPSA) is 84.3 Å². The largest absolute Gasteiger partial charge is 0.270 e. The van der Waals surface area contributed by atoms with Gasteiger partial charge in [0.2, 0.25) is 0 Å². The summed E-state index contributed by atoms with van der Waals surface area (Å²) in [6, 6.07) is 6.08. The summed E-state index contributed by atoms with van der Waals surface area (Å²) in [4.78, 5) is 14.7. The highest BCUT2D eigenvalue weighted by atomic mass is 35.5. The highest BCUT2D eigenvalue weighted by Crippen LogP contribution is 2.26. The van der Waals surface area contributed by atoms with Gasteiger partial charge in [-0.15, -0.1) is 4.83 Å². The van der Waals surface area contributed by atoms with Crippen molar-refractivity contribution in [1.82, 2.24) is 19.6 Å². The van der Waals surface area contributed by atoms with Crippen LogP contribution in [0.25, 0.3) is 0 Å². The van der Waals surface area contributed by atoms with Gasteiger partial charge in [0, 0.05) is 12.6 Å². The second-order valence-corrected chi connectivity index (χ2v) is 6.95. The Balaban J connectivity index is 2.02. The van der Waals surface area contributed by atoms with E-state index in [0.717, 1.165) is 5.01 Å². The van der Waals surface area contributed by atoms with Crippen LogP contribution >= 0.6 is 11.6 Å². The number of carbonyl (C=O) groups is 1. The van der Waals surface area contributed by atoms with Crippen LogP contribution in [0.1, 0.15) is 21.6 Å². The molecule has 0 saturated heterocycles. The summed E-state index contributed by atoms with van der Waals surface area (Å²) < 4.78 is 25.9. The summed E-state index contributed by atoms with van der Waals surface area (Å²) in [7, 11) is -2.10. The van der Waals surface area contributed by atoms with Crippen molar-refractivity contribution in [3.8, 4) is 0 Å².